The van der Waals surface area contributed by atoms with E-state index in [0.717, 1.165) is 0 Å². The van der Waals surface area contributed by atoms with Crippen LogP contribution in [0.1, 0.15) is 0 Å². The highest BCUT2D eigenvalue weighted by molar-refractivity contribution is 7.97. The number of rotatable bonds is 1. The zero-order chi connectivity index (χ0) is 4.99. The summed E-state index contributed by atoms with van der Waals surface area (Å²) in [5.74, 6) is 0. The van der Waals surface area contributed by atoms with Gasteiger partial charge < -0.3 is 0 Å². The van der Waals surface area contributed by atoms with Gasteiger partial charge in [0.05, 0.1) is 0 Å². The minimum Gasteiger partial charge on any atom is -0.250 e. The Hall–Kier alpha value is -0.760. The molecule has 0 aromatic rings. The molecule has 0 aromatic heterocycles. The lowest BCUT2D eigenvalue weighted by molar-refractivity contribution is -0.282. The number of nitro groups is 1. The van der Waals surface area contributed by atoms with Gasteiger partial charge >= 0.3 is 11.9 Å². The summed E-state index contributed by atoms with van der Waals surface area (Å²) in [4.78, 5) is 9.15. The zero-order valence-electron chi connectivity index (χ0n) is 2.62. The fourth-order valence-electron chi connectivity index (χ4n) is 0.0333. The van der Waals surface area contributed by atoms with Crippen LogP contribution in [-0.2, 0) is 0 Å². The lowest BCUT2D eigenvalue weighted by atomic mass is 11.8. The number of thiocyanates is 1. The molecule has 0 aliphatic rings. The summed E-state index contributed by atoms with van der Waals surface area (Å²) in [6.07, 6.45) is 0. The van der Waals surface area contributed by atoms with Crippen LogP contribution in [0.15, 0.2) is 0 Å². The highest BCUT2D eigenvalue weighted by Crippen LogP contribution is 1.91. The van der Waals surface area contributed by atoms with Gasteiger partial charge in [-0.25, -0.2) is 10.1 Å². The third-order valence-corrected chi connectivity index (χ3v) is 0.346. The highest BCUT2D eigenvalue weighted by atomic mass is 32.2. The summed E-state index contributed by atoms with van der Waals surface area (Å²) < 4.78 is -0.764. The molecule has 0 heterocycles. The molecular weight excluding hydrogens is 104 g/mol. The molecule has 0 aromatic carbocycles. The Morgan fingerprint density at radius 1 is 2.00 bits per heavy atom. The van der Waals surface area contributed by atoms with Crippen molar-refractivity contribution < 1.29 is 4.33 Å². The van der Waals surface area contributed by atoms with Gasteiger partial charge in [-0.1, -0.05) is 0 Å². The number of nitrogens with zero attached hydrogens (tertiary/aromatic N) is 2. The van der Waals surface area contributed by atoms with E-state index in [-0.39, 0.29) is 11.9 Å². The minimum atomic E-state index is -0.764. The topological polar surface area (TPSA) is 66.9 Å². The zero-order valence-corrected chi connectivity index (χ0v) is 3.44. The monoisotopic (exact) mass is 104 g/mol. The average Bonchev–Trinajstić information content (AvgIpc) is 1.35. The molecule has 4 nitrogen and oxygen atoms in total. The molecule has 0 aliphatic heterocycles. The summed E-state index contributed by atoms with van der Waals surface area (Å²) in [7, 11) is 0. The first-order valence-electron chi connectivity index (χ1n) is 0.975. The Morgan fingerprint density at radius 3 is 2.50 bits per heavy atom. The fourth-order valence-corrected chi connectivity index (χ4v) is 0.100. The Kier molecular flexibility index (Phi) is 2.16. The van der Waals surface area contributed by atoms with Gasteiger partial charge in [0.2, 0.25) is 5.40 Å². The second kappa shape index (κ2) is 2.48. The van der Waals surface area contributed by atoms with Crippen LogP contribution in [0.5, 0.6) is 0 Å². The van der Waals surface area contributed by atoms with Crippen molar-refractivity contribution in [3.63, 3.8) is 0 Å². The Morgan fingerprint density at radius 2 is 2.50 bits per heavy atom. The van der Waals surface area contributed by atoms with Gasteiger partial charge in [-0.2, -0.15) is 5.26 Å². The molecule has 0 fully saturated rings. The van der Waals surface area contributed by atoms with Crippen LogP contribution >= 0.6 is 11.9 Å². The molecule has 0 unspecified atom stereocenters. The summed E-state index contributed by atoms with van der Waals surface area (Å²) in [5.41, 5.74) is 0. The average molecular weight is 104 g/mol. The second-order valence-corrected chi connectivity index (χ2v) is 1.07. The van der Waals surface area contributed by atoms with Crippen LogP contribution in [0.4, 0.5) is 0 Å². The maximum Gasteiger partial charge on any atom is 0.347 e. The predicted molar refractivity (Wildman–Crippen MR) is 20.2 cm³/mol. The van der Waals surface area contributed by atoms with Crippen molar-refractivity contribution in [1.29, 1.82) is 5.26 Å². The number of nitriles is 1. The second-order valence-electron chi connectivity index (χ2n) is 0.406. The van der Waals surface area contributed by atoms with E-state index in [1.54, 1.807) is 0 Å². The van der Waals surface area contributed by atoms with Crippen LogP contribution in [-0.4, -0.2) is 4.33 Å². The van der Waals surface area contributed by atoms with Crippen molar-refractivity contribution in [2.75, 3.05) is 0 Å². The maximum atomic E-state index is 9.15. The molecule has 5 heteroatoms. The van der Waals surface area contributed by atoms with E-state index in [1.165, 1.54) is 5.40 Å². The lowest BCUT2D eigenvalue weighted by Gasteiger charge is -1.66. The van der Waals surface area contributed by atoms with Crippen LogP contribution in [0.25, 0.3) is 0 Å². The number of hydrogen-bond donors (Lipinski definition) is 0. The Labute approximate surface area is 38.0 Å². The largest absolute Gasteiger partial charge is 0.347 e. The van der Waals surface area contributed by atoms with Crippen molar-refractivity contribution in [3.8, 4) is 5.40 Å². The van der Waals surface area contributed by atoms with E-state index < -0.39 is 4.33 Å². The first-order valence-corrected chi connectivity index (χ1v) is 1.75. The van der Waals surface area contributed by atoms with Crippen molar-refractivity contribution in [2.45, 2.75) is 0 Å². The first-order chi connectivity index (χ1) is 2.77. The van der Waals surface area contributed by atoms with Gasteiger partial charge in [-0.15, -0.1) is 0 Å². The SMILES string of the molecule is N#CS[N+](=O)[O-]. The number of hydrogen-bond acceptors (Lipinski definition) is 4. The normalized spacial score (nSPS) is 6.50. The van der Waals surface area contributed by atoms with Crippen LogP contribution < -0.4 is 0 Å². The smallest absolute Gasteiger partial charge is 0.250 e. The summed E-state index contributed by atoms with van der Waals surface area (Å²) in [6.45, 7) is 0. The Balaban J connectivity index is 3.13. The molecule has 0 amide bonds. The molecule has 0 atom stereocenters. The van der Waals surface area contributed by atoms with Gasteiger partial charge in [-0.3, -0.25) is 0 Å². The van der Waals surface area contributed by atoms with Crippen molar-refractivity contribution in [2.24, 2.45) is 0 Å². The van der Waals surface area contributed by atoms with E-state index in [1.807, 2.05) is 0 Å². The van der Waals surface area contributed by atoms with Crippen LogP contribution in [0.3, 0.4) is 0 Å². The molecule has 0 aliphatic carbocycles. The molecule has 0 spiro atoms. The van der Waals surface area contributed by atoms with Crippen molar-refractivity contribution >= 4 is 11.9 Å². The van der Waals surface area contributed by atoms with E-state index in [9.17, 15) is 0 Å². The molecule has 32 valence electrons. The van der Waals surface area contributed by atoms with E-state index in [0.29, 0.717) is 0 Å². The fraction of sp³-hybridized carbons (Fsp3) is 0. The molecule has 0 rings (SSSR count). The van der Waals surface area contributed by atoms with Crippen molar-refractivity contribution in [1.82, 2.24) is 0 Å². The van der Waals surface area contributed by atoms with Crippen LogP contribution in [0, 0.1) is 20.8 Å². The third-order valence-electron chi connectivity index (χ3n) is 0.115. The van der Waals surface area contributed by atoms with Gasteiger partial charge in [-0.05, 0) is 0 Å². The van der Waals surface area contributed by atoms with E-state index in [4.69, 9.17) is 15.4 Å². The minimum absolute atomic E-state index is 0.0139. The van der Waals surface area contributed by atoms with Gasteiger partial charge in [0, 0.05) is 0 Å². The van der Waals surface area contributed by atoms with Gasteiger partial charge in [0.25, 0.3) is 0 Å². The third kappa shape index (κ3) is 3.24. The summed E-state index contributed by atoms with van der Waals surface area (Å²) in [5, 5.41) is 17.9. The standard InChI is InChI=1S/CN2O2S/c2-1-6-3(4)5. The highest BCUT2D eigenvalue weighted by Gasteiger charge is 1.91. The van der Waals surface area contributed by atoms with E-state index in [2.05, 4.69) is 0 Å². The van der Waals surface area contributed by atoms with Gasteiger partial charge in [0.1, 0.15) is 4.33 Å². The summed E-state index contributed by atoms with van der Waals surface area (Å²) in [6, 6.07) is 0. The Bertz CT molecular complexity index is 94.2. The quantitative estimate of drug-likeness (QED) is 0.209. The van der Waals surface area contributed by atoms with Gasteiger partial charge in [0.15, 0.2) is 0 Å². The summed E-state index contributed by atoms with van der Waals surface area (Å²) >= 11 is 0.0139. The molecule has 0 saturated carbocycles. The molecule has 0 saturated heterocycles. The molecule has 6 heavy (non-hydrogen) atoms. The molecule has 0 radical (unpaired) electrons. The van der Waals surface area contributed by atoms with Crippen LogP contribution in [0.2, 0.25) is 0 Å². The maximum absolute atomic E-state index is 9.15. The first kappa shape index (κ1) is 5.24. The lowest BCUT2D eigenvalue weighted by Crippen LogP contribution is -1.75. The molecule has 0 N–H and O–H groups in total. The van der Waals surface area contributed by atoms with Crippen molar-refractivity contribution in [3.05, 3.63) is 10.1 Å². The van der Waals surface area contributed by atoms with E-state index >= 15 is 0 Å². The molecule has 0 bridgehead atoms. The molecular formula is CN2O2S. The predicted octanol–water partition coefficient (Wildman–Crippen LogP) is 0.392.